The van der Waals surface area contributed by atoms with E-state index in [1.165, 1.54) is 41.4 Å². The fourth-order valence-corrected chi connectivity index (χ4v) is 3.61. The lowest BCUT2D eigenvalue weighted by molar-refractivity contribution is 0.0942. The monoisotopic (exact) mass is 505 g/mol. The minimum atomic E-state index is -0.549. The molecule has 3 heterocycles. The number of rotatable bonds is 7. The zero-order chi connectivity index (χ0) is 25.1. The molecule has 5 rings (SSSR count). The van der Waals surface area contributed by atoms with Gasteiger partial charge in [-0.05, 0) is 23.3 Å². The van der Waals surface area contributed by atoms with Gasteiger partial charge in [0, 0.05) is 24.7 Å². The van der Waals surface area contributed by atoms with Gasteiger partial charge in [0.1, 0.15) is 29.9 Å². The van der Waals surface area contributed by atoms with Crippen LogP contribution < -0.4 is 10.6 Å². The molecule has 0 spiro atoms. The summed E-state index contributed by atoms with van der Waals surface area (Å²) >= 11 is 5.79. The van der Waals surface area contributed by atoms with Gasteiger partial charge in [-0.2, -0.15) is 19.7 Å². The van der Waals surface area contributed by atoms with Crippen LogP contribution in [0.3, 0.4) is 0 Å². The van der Waals surface area contributed by atoms with Crippen molar-refractivity contribution in [1.29, 1.82) is 0 Å². The van der Waals surface area contributed by atoms with E-state index in [-0.39, 0.29) is 35.3 Å². The summed E-state index contributed by atoms with van der Waals surface area (Å²) in [5, 5.41) is 16.1. The highest BCUT2D eigenvalue weighted by Gasteiger charge is 2.18. The average molecular weight is 506 g/mol. The number of nitrogens with one attached hydrogen (secondary N) is 3. The van der Waals surface area contributed by atoms with E-state index in [0.717, 1.165) is 11.1 Å². The molecular weight excluding hydrogens is 489 g/mol. The smallest absolute Gasteiger partial charge is 0.270 e. The molecule has 11 nitrogen and oxygen atoms in total. The van der Waals surface area contributed by atoms with Gasteiger partial charge in [-0.1, -0.05) is 41.9 Å². The number of aromatic nitrogens is 7. The van der Waals surface area contributed by atoms with E-state index in [4.69, 9.17) is 11.6 Å². The van der Waals surface area contributed by atoms with Crippen molar-refractivity contribution >= 4 is 29.2 Å². The number of hydrogen-bond acceptors (Lipinski definition) is 7. The van der Waals surface area contributed by atoms with Crippen molar-refractivity contribution < 1.29 is 14.0 Å². The van der Waals surface area contributed by atoms with Crippen LogP contribution in [0.5, 0.6) is 0 Å². The summed E-state index contributed by atoms with van der Waals surface area (Å²) < 4.78 is 14.6. The number of fused-ring (bicyclic) bond motifs is 1. The van der Waals surface area contributed by atoms with Crippen molar-refractivity contribution in [3.8, 4) is 11.4 Å². The number of halogens is 2. The minimum absolute atomic E-state index is 0.0229. The molecule has 180 valence electrons. The maximum atomic E-state index is 13.4. The first kappa shape index (κ1) is 23.1. The van der Waals surface area contributed by atoms with Crippen molar-refractivity contribution in [3.05, 3.63) is 94.5 Å². The average Bonchev–Trinajstić information content (AvgIpc) is 3.60. The molecule has 0 aliphatic carbocycles. The molecule has 0 aliphatic heterocycles. The second kappa shape index (κ2) is 9.88. The first-order valence-corrected chi connectivity index (χ1v) is 11.0. The fourth-order valence-electron chi connectivity index (χ4n) is 3.41. The van der Waals surface area contributed by atoms with Crippen LogP contribution in [-0.2, 0) is 13.1 Å². The Balaban J connectivity index is 1.29. The number of aromatic amines is 1. The molecule has 0 radical (unpaired) electrons. The SMILES string of the molecule is O=C(NCc1ccc(F)c(Cl)c1)c1cc(C(=O)NCc2ccc(-c3ncn[nH]3)cc2)n2ncnc2n1. The highest BCUT2D eigenvalue weighted by atomic mass is 35.5. The zero-order valence-electron chi connectivity index (χ0n) is 18.4. The van der Waals surface area contributed by atoms with E-state index in [1.807, 2.05) is 24.3 Å². The molecule has 2 amide bonds. The van der Waals surface area contributed by atoms with Crippen LogP contribution in [-0.4, -0.2) is 46.6 Å². The van der Waals surface area contributed by atoms with Gasteiger partial charge in [0.05, 0.1) is 5.02 Å². The highest BCUT2D eigenvalue weighted by Crippen LogP contribution is 2.16. The third-order valence-corrected chi connectivity index (χ3v) is 5.54. The van der Waals surface area contributed by atoms with Crippen molar-refractivity contribution in [2.45, 2.75) is 13.1 Å². The molecule has 2 aromatic carbocycles. The Kier molecular flexibility index (Phi) is 6.33. The zero-order valence-corrected chi connectivity index (χ0v) is 19.2. The molecule has 3 N–H and O–H groups in total. The Hall–Kier alpha value is -4.71. The molecule has 0 saturated heterocycles. The maximum absolute atomic E-state index is 13.4. The van der Waals surface area contributed by atoms with Crippen LogP contribution >= 0.6 is 11.6 Å². The van der Waals surface area contributed by atoms with Crippen LogP contribution in [0.25, 0.3) is 17.2 Å². The lowest BCUT2D eigenvalue weighted by Gasteiger charge is -2.10. The van der Waals surface area contributed by atoms with Gasteiger partial charge >= 0.3 is 0 Å². The molecule has 0 unspecified atom stereocenters. The topological polar surface area (TPSA) is 143 Å². The van der Waals surface area contributed by atoms with E-state index < -0.39 is 17.6 Å². The number of hydrogen-bond donors (Lipinski definition) is 3. The van der Waals surface area contributed by atoms with Crippen LogP contribution in [0, 0.1) is 5.82 Å². The van der Waals surface area contributed by atoms with Crippen LogP contribution in [0.1, 0.15) is 32.1 Å². The van der Waals surface area contributed by atoms with Crippen molar-refractivity contribution in [1.82, 2.24) is 45.4 Å². The molecule has 0 bridgehead atoms. The van der Waals surface area contributed by atoms with E-state index in [0.29, 0.717) is 11.4 Å². The third-order valence-electron chi connectivity index (χ3n) is 5.25. The standard InChI is InChI=1S/C23H17ClFN9O2/c24-16-7-14(3-6-17(16)25)10-26-21(35)18-8-19(34-23(32-18)29-12-31-34)22(36)27-9-13-1-4-15(5-2-13)20-28-11-30-33-20/h1-8,11-12H,9-10H2,(H,26,35)(H,27,36)(H,28,30,33). The number of nitrogens with zero attached hydrogens (tertiary/aromatic N) is 6. The lowest BCUT2D eigenvalue weighted by atomic mass is 10.1. The highest BCUT2D eigenvalue weighted by molar-refractivity contribution is 6.30. The van der Waals surface area contributed by atoms with Gasteiger partial charge in [0.15, 0.2) is 5.82 Å². The number of amides is 2. The fraction of sp³-hybridized carbons (Fsp3) is 0.0870. The first-order chi connectivity index (χ1) is 17.5. The second-order valence-corrected chi connectivity index (χ2v) is 8.05. The molecule has 36 heavy (non-hydrogen) atoms. The predicted octanol–water partition coefficient (Wildman–Crippen LogP) is 2.56. The minimum Gasteiger partial charge on any atom is -0.347 e. The van der Waals surface area contributed by atoms with E-state index >= 15 is 0 Å². The van der Waals surface area contributed by atoms with Crippen molar-refractivity contribution in [2.75, 3.05) is 0 Å². The Morgan fingerprint density at radius 3 is 2.44 bits per heavy atom. The number of carbonyl (C=O) groups excluding carboxylic acids is 2. The number of carbonyl (C=O) groups is 2. The quantitative estimate of drug-likeness (QED) is 0.308. The van der Waals surface area contributed by atoms with E-state index in [1.54, 1.807) is 0 Å². The first-order valence-electron chi connectivity index (χ1n) is 10.6. The summed E-state index contributed by atoms with van der Waals surface area (Å²) in [7, 11) is 0. The molecule has 13 heteroatoms. The van der Waals surface area contributed by atoms with E-state index in [9.17, 15) is 14.0 Å². The Morgan fingerprint density at radius 1 is 0.944 bits per heavy atom. The summed E-state index contributed by atoms with van der Waals surface area (Å²) in [6.07, 6.45) is 2.67. The normalized spacial score (nSPS) is 10.9. The van der Waals surface area contributed by atoms with Crippen LogP contribution in [0.15, 0.2) is 61.2 Å². The van der Waals surface area contributed by atoms with Crippen LogP contribution in [0.2, 0.25) is 5.02 Å². The summed E-state index contributed by atoms with van der Waals surface area (Å²) in [6.45, 7) is 0.324. The van der Waals surface area contributed by atoms with E-state index in [2.05, 4.69) is 40.9 Å². The molecule has 0 aliphatic rings. The predicted molar refractivity (Wildman–Crippen MR) is 126 cm³/mol. The lowest BCUT2D eigenvalue weighted by Crippen LogP contribution is -2.28. The van der Waals surface area contributed by atoms with Gasteiger partial charge in [0.25, 0.3) is 17.6 Å². The van der Waals surface area contributed by atoms with Gasteiger partial charge < -0.3 is 10.6 Å². The van der Waals surface area contributed by atoms with Crippen LogP contribution in [0.4, 0.5) is 4.39 Å². The Morgan fingerprint density at radius 2 is 1.69 bits per heavy atom. The van der Waals surface area contributed by atoms with Gasteiger partial charge in [-0.3, -0.25) is 14.7 Å². The molecule has 5 aromatic rings. The third kappa shape index (κ3) is 4.88. The summed E-state index contributed by atoms with van der Waals surface area (Å²) in [6, 6.07) is 12.9. The van der Waals surface area contributed by atoms with Crippen molar-refractivity contribution in [2.24, 2.45) is 0 Å². The molecule has 3 aromatic heterocycles. The molecular formula is C23H17ClFN9O2. The van der Waals surface area contributed by atoms with Gasteiger partial charge in [-0.15, -0.1) is 0 Å². The summed E-state index contributed by atoms with van der Waals surface area (Å²) in [5.41, 5.74) is 2.38. The maximum Gasteiger partial charge on any atom is 0.270 e. The summed E-state index contributed by atoms with van der Waals surface area (Å²) in [4.78, 5) is 38.0. The largest absolute Gasteiger partial charge is 0.347 e. The van der Waals surface area contributed by atoms with Gasteiger partial charge in [-0.25, -0.2) is 14.4 Å². The molecule has 0 fully saturated rings. The molecule has 0 atom stereocenters. The Bertz CT molecular complexity index is 1550. The second-order valence-electron chi connectivity index (χ2n) is 7.64. The summed E-state index contributed by atoms with van der Waals surface area (Å²) in [5.74, 6) is -0.824. The number of benzene rings is 2. The van der Waals surface area contributed by atoms with Crippen molar-refractivity contribution in [3.63, 3.8) is 0 Å². The Labute approximate surface area is 207 Å². The van der Waals surface area contributed by atoms with Gasteiger partial charge in [0.2, 0.25) is 0 Å². The number of H-pyrrole nitrogens is 1. The molecule has 0 saturated carbocycles.